The number of aromatic nitrogens is 3. The van der Waals surface area contributed by atoms with Crippen LogP contribution in [0.25, 0.3) is 0 Å². The fraction of sp³-hybridized carbons (Fsp3) is 0.800. The molecule has 122 valence electrons. The first-order chi connectivity index (χ1) is 10.3. The van der Waals surface area contributed by atoms with Crippen LogP contribution in [0, 0.1) is 23.7 Å². The number of fused-ring (bicyclic) bond motifs is 2. The van der Waals surface area contributed by atoms with Crippen molar-refractivity contribution in [3.8, 4) is 0 Å². The highest BCUT2D eigenvalue weighted by Crippen LogP contribution is 2.65. The lowest BCUT2D eigenvalue weighted by Gasteiger charge is -2.39. The smallest absolute Gasteiger partial charge is 0.230 e. The summed E-state index contributed by atoms with van der Waals surface area (Å²) in [5, 5.41) is 11.7. The van der Waals surface area contributed by atoms with Crippen LogP contribution in [0.5, 0.6) is 0 Å². The Morgan fingerprint density at radius 1 is 1.45 bits per heavy atom. The van der Waals surface area contributed by atoms with Gasteiger partial charge in [-0.3, -0.25) is 4.79 Å². The zero-order valence-electron chi connectivity index (χ0n) is 13.7. The number of hydrogen-bond acceptors (Lipinski definition) is 5. The predicted molar refractivity (Wildman–Crippen MR) is 86.8 cm³/mol. The second-order valence-corrected chi connectivity index (χ2v) is 8.36. The van der Waals surface area contributed by atoms with Crippen LogP contribution in [0.15, 0.2) is 5.16 Å². The summed E-state index contributed by atoms with van der Waals surface area (Å²) in [6.07, 6.45) is 3.60. The maximum Gasteiger partial charge on any atom is 0.230 e. The third-order valence-corrected chi connectivity index (χ3v) is 7.24. The summed E-state index contributed by atoms with van der Waals surface area (Å²) in [5.74, 6) is 7.55. The Balaban J connectivity index is 1.58. The number of carbonyl (C=O) groups is 1. The van der Waals surface area contributed by atoms with Crippen molar-refractivity contribution >= 4 is 17.7 Å². The quantitative estimate of drug-likeness (QED) is 0.651. The number of rotatable bonds is 4. The Morgan fingerprint density at radius 2 is 2.18 bits per heavy atom. The van der Waals surface area contributed by atoms with Gasteiger partial charge in [-0.2, -0.15) is 0 Å². The van der Waals surface area contributed by atoms with E-state index in [4.69, 9.17) is 5.84 Å². The Labute approximate surface area is 135 Å². The number of hydrogen-bond donors (Lipinski definition) is 2. The summed E-state index contributed by atoms with van der Waals surface area (Å²) in [7, 11) is 0. The third kappa shape index (κ3) is 2.21. The van der Waals surface area contributed by atoms with E-state index in [-0.39, 0.29) is 17.4 Å². The van der Waals surface area contributed by atoms with Crippen LogP contribution in [-0.4, -0.2) is 32.6 Å². The molecule has 0 aromatic carbocycles. The number of nitrogens with zero attached hydrogens (tertiary/aromatic N) is 3. The summed E-state index contributed by atoms with van der Waals surface area (Å²) in [6.45, 7) is 8.82. The number of aryl methyl sites for hydroxylation is 1. The molecule has 1 amide bonds. The minimum Gasteiger partial charge on any atom is -0.352 e. The predicted octanol–water partition coefficient (Wildman–Crippen LogP) is 1.72. The van der Waals surface area contributed by atoms with Gasteiger partial charge >= 0.3 is 0 Å². The lowest BCUT2D eigenvalue weighted by molar-refractivity contribution is -0.120. The number of carbonyl (C=O) groups excluding carboxylic acids is 1. The fourth-order valence-corrected chi connectivity index (χ4v) is 4.95. The molecule has 7 heteroatoms. The van der Waals surface area contributed by atoms with Crippen molar-refractivity contribution < 1.29 is 4.79 Å². The lowest BCUT2D eigenvalue weighted by Crippen LogP contribution is -2.47. The minimum atomic E-state index is 0.0558. The second kappa shape index (κ2) is 5.15. The molecule has 0 spiro atoms. The van der Waals surface area contributed by atoms with Crippen molar-refractivity contribution in [1.82, 2.24) is 20.2 Å². The lowest BCUT2D eigenvalue weighted by atomic mass is 9.69. The average molecular weight is 323 g/mol. The van der Waals surface area contributed by atoms with Crippen LogP contribution < -0.4 is 11.2 Å². The van der Waals surface area contributed by atoms with E-state index < -0.39 is 0 Å². The molecule has 0 radical (unpaired) electrons. The van der Waals surface area contributed by atoms with Gasteiger partial charge < -0.3 is 11.2 Å². The standard InChI is InChI=1S/C15H25N5OS/c1-9-18-19-13(20(9)16)22-8-12(21)17-11-7-10-5-6-15(11,4)14(10,2)3/h10-11H,5-8,16H2,1-4H3,(H,17,21)/t10-,11+,15-/m1/s1. The molecule has 3 N–H and O–H groups in total. The van der Waals surface area contributed by atoms with Crippen LogP contribution in [-0.2, 0) is 4.79 Å². The maximum atomic E-state index is 12.3. The first-order valence-electron chi connectivity index (χ1n) is 7.85. The van der Waals surface area contributed by atoms with Gasteiger partial charge in [0.2, 0.25) is 11.1 Å². The summed E-state index contributed by atoms with van der Waals surface area (Å²) in [5.41, 5.74) is 0.523. The van der Waals surface area contributed by atoms with Crippen molar-refractivity contribution in [3.63, 3.8) is 0 Å². The number of nitrogen functional groups attached to an aromatic ring is 1. The van der Waals surface area contributed by atoms with E-state index in [2.05, 4.69) is 36.3 Å². The Kier molecular flexibility index (Phi) is 3.66. The van der Waals surface area contributed by atoms with E-state index in [0.717, 1.165) is 12.3 Å². The Morgan fingerprint density at radius 3 is 2.68 bits per heavy atom. The highest BCUT2D eigenvalue weighted by atomic mass is 32.2. The van der Waals surface area contributed by atoms with Gasteiger partial charge in [-0.1, -0.05) is 32.5 Å². The third-order valence-electron chi connectivity index (χ3n) is 6.30. The first-order valence-corrected chi connectivity index (χ1v) is 8.83. The van der Waals surface area contributed by atoms with Gasteiger partial charge in [-0.15, -0.1) is 10.2 Å². The zero-order valence-corrected chi connectivity index (χ0v) is 14.5. The van der Waals surface area contributed by atoms with Gasteiger partial charge in [0.15, 0.2) is 0 Å². The number of nitrogens with two attached hydrogens (primary N) is 1. The Hall–Kier alpha value is -1.24. The minimum absolute atomic E-state index is 0.0558. The summed E-state index contributed by atoms with van der Waals surface area (Å²) in [4.78, 5) is 12.3. The topological polar surface area (TPSA) is 85.8 Å². The van der Waals surface area contributed by atoms with E-state index in [1.807, 2.05) is 0 Å². The first kappa shape index (κ1) is 15.6. The molecular formula is C15H25N5OS. The SMILES string of the molecule is Cc1nnc(SCC(=O)N[C@H]2C[C@H]3CC[C@@]2(C)C3(C)C)n1N. The fourth-order valence-electron chi connectivity index (χ4n) is 4.24. The van der Waals surface area contributed by atoms with Crippen LogP contribution in [0.1, 0.15) is 45.9 Å². The number of amides is 1. The summed E-state index contributed by atoms with van der Waals surface area (Å²) >= 11 is 1.33. The van der Waals surface area contributed by atoms with E-state index in [9.17, 15) is 4.79 Å². The molecule has 1 aromatic rings. The van der Waals surface area contributed by atoms with E-state index in [1.165, 1.54) is 29.3 Å². The van der Waals surface area contributed by atoms with Crippen LogP contribution in [0.4, 0.5) is 0 Å². The molecule has 0 aliphatic heterocycles. The molecule has 1 aromatic heterocycles. The molecule has 2 fully saturated rings. The highest BCUT2D eigenvalue weighted by Gasteiger charge is 2.61. The normalized spacial score (nSPS) is 32.4. The molecule has 3 atom stereocenters. The van der Waals surface area contributed by atoms with Crippen LogP contribution in [0.3, 0.4) is 0 Å². The van der Waals surface area contributed by atoms with Crippen LogP contribution in [0.2, 0.25) is 0 Å². The summed E-state index contributed by atoms with van der Waals surface area (Å²) < 4.78 is 1.42. The van der Waals surface area contributed by atoms with Crippen LogP contribution >= 0.6 is 11.8 Å². The molecule has 2 aliphatic rings. The van der Waals surface area contributed by atoms with E-state index in [0.29, 0.717) is 22.1 Å². The molecule has 0 saturated heterocycles. The number of nitrogens with one attached hydrogen (secondary N) is 1. The molecule has 2 bridgehead atoms. The van der Waals surface area contributed by atoms with E-state index >= 15 is 0 Å². The van der Waals surface area contributed by atoms with Gasteiger partial charge in [-0.05, 0) is 42.9 Å². The zero-order chi connectivity index (χ0) is 16.1. The van der Waals surface area contributed by atoms with Crippen molar-refractivity contribution in [1.29, 1.82) is 0 Å². The van der Waals surface area contributed by atoms with Crippen molar-refractivity contribution in [2.45, 2.75) is 58.2 Å². The van der Waals surface area contributed by atoms with Gasteiger partial charge in [0.1, 0.15) is 5.82 Å². The highest BCUT2D eigenvalue weighted by molar-refractivity contribution is 7.99. The monoisotopic (exact) mass is 323 g/mol. The Bertz CT molecular complexity index is 599. The summed E-state index contributed by atoms with van der Waals surface area (Å²) in [6, 6.07) is 0.284. The van der Waals surface area contributed by atoms with Gasteiger partial charge in [0.25, 0.3) is 0 Å². The second-order valence-electron chi connectivity index (χ2n) is 7.42. The van der Waals surface area contributed by atoms with Crippen molar-refractivity contribution in [2.75, 3.05) is 11.6 Å². The molecular weight excluding hydrogens is 298 g/mol. The molecule has 3 rings (SSSR count). The van der Waals surface area contributed by atoms with Crippen molar-refractivity contribution in [3.05, 3.63) is 5.82 Å². The van der Waals surface area contributed by atoms with Gasteiger partial charge in [-0.25, -0.2) is 4.68 Å². The number of thioether (sulfide) groups is 1. The molecule has 2 aliphatic carbocycles. The van der Waals surface area contributed by atoms with Gasteiger partial charge in [0.05, 0.1) is 5.75 Å². The molecule has 0 unspecified atom stereocenters. The molecule has 6 nitrogen and oxygen atoms in total. The molecule has 2 saturated carbocycles. The maximum absolute atomic E-state index is 12.3. The average Bonchev–Trinajstić information content (AvgIpc) is 2.95. The van der Waals surface area contributed by atoms with Crippen molar-refractivity contribution in [2.24, 2.45) is 16.7 Å². The van der Waals surface area contributed by atoms with Gasteiger partial charge in [0, 0.05) is 6.04 Å². The van der Waals surface area contributed by atoms with E-state index in [1.54, 1.807) is 6.92 Å². The largest absolute Gasteiger partial charge is 0.352 e. The molecule has 22 heavy (non-hydrogen) atoms. The molecule has 1 heterocycles.